The SMILES string of the molecule is Cc1ccc(O)c(NC(=S)NC(=O)/C=C/c2ccco2)c1. The van der Waals surface area contributed by atoms with Gasteiger partial charge in [-0.25, -0.2) is 0 Å². The van der Waals surface area contributed by atoms with Crippen molar-refractivity contribution in [3.63, 3.8) is 0 Å². The first-order valence-corrected chi connectivity index (χ1v) is 6.58. The molecule has 0 fully saturated rings. The molecule has 2 aromatic rings. The lowest BCUT2D eigenvalue weighted by molar-refractivity contribution is -0.115. The monoisotopic (exact) mass is 302 g/mol. The number of thiocarbonyl (C=S) groups is 1. The molecule has 21 heavy (non-hydrogen) atoms. The van der Waals surface area contributed by atoms with Crippen molar-refractivity contribution in [3.05, 3.63) is 54.0 Å². The summed E-state index contributed by atoms with van der Waals surface area (Å²) in [7, 11) is 0. The van der Waals surface area contributed by atoms with Gasteiger partial charge in [-0.05, 0) is 55.0 Å². The predicted octanol–water partition coefficient (Wildman–Crippen LogP) is 2.82. The first-order valence-electron chi connectivity index (χ1n) is 6.18. The second-order valence-corrected chi connectivity index (χ2v) is 4.72. The van der Waals surface area contributed by atoms with E-state index in [1.54, 1.807) is 30.3 Å². The summed E-state index contributed by atoms with van der Waals surface area (Å²) in [5, 5.41) is 15.0. The van der Waals surface area contributed by atoms with Gasteiger partial charge in [0.2, 0.25) is 5.91 Å². The number of benzene rings is 1. The van der Waals surface area contributed by atoms with Gasteiger partial charge in [-0.2, -0.15) is 0 Å². The van der Waals surface area contributed by atoms with Crippen LogP contribution in [0.2, 0.25) is 0 Å². The molecule has 0 aliphatic rings. The van der Waals surface area contributed by atoms with Gasteiger partial charge in [-0.15, -0.1) is 0 Å². The van der Waals surface area contributed by atoms with Crippen molar-refractivity contribution in [2.75, 3.05) is 5.32 Å². The van der Waals surface area contributed by atoms with Crippen molar-refractivity contribution in [1.82, 2.24) is 5.32 Å². The van der Waals surface area contributed by atoms with Crippen LogP contribution in [0.25, 0.3) is 6.08 Å². The van der Waals surface area contributed by atoms with E-state index in [-0.39, 0.29) is 10.9 Å². The quantitative estimate of drug-likeness (QED) is 0.462. The van der Waals surface area contributed by atoms with Gasteiger partial charge < -0.3 is 14.8 Å². The van der Waals surface area contributed by atoms with Gasteiger partial charge in [0, 0.05) is 6.08 Å². The van der Waals surface area contributed by atoms with Crippen LogP contribution in [-0.2, 0) is 4.79 Å². The highest BCUT2D eigenvalue weighted by molar-refractivity contribution is 7.80. The lowest BCUT2D eigenvalue weighted by atomic mass is 10.2. The number of nitrogens with one attached hydrogen (secondary N) is 2. The number of aryl methyl sites for hydroxylation is 1. The molecule has 3 N–H and O–H groups in total. The Labute approximate surface area is 127 Å². The van der Waals surface area contributed by atoms with Crippen molar-refractivity contribution >= 4 is 35.0 Å². The van der Waals surface area contributed by atoms with Crippen LogP contribution in [-0.4, -0.2) is 16.1 Å². The number of phenolic OH excluding ortho intramolecular Hbond substituents is 1. The summed E-state index contributed by atoms with van der Waals surface area (Å²) in [4.78, 5) is 11.7. The molecule has 1 aromatic carbocycles. The maximum absolute atomic E-state index is 11.7. The molecular formula is C15H14N2O3S. The Balaban J connectivity index is 1.92. The van der Waals surface area contributed by atoms with E-state index in [9.17, 15) is 9.90 Å². The summed E-state index contributed by atoms with van der Waals surface area (Å²) < 4.78 is 5.07. The van der Waals surface area contributed by atoms with Crippen LogP contribution >= 0.6 is 12.2 Å². The van der Waals surface area contributed by atoms with Crippen molar-refractivity contribution < 1.29 is 14.3 Å². The molecular weight excluding hydrogens is 288 g/mol. The molecule has 108 valence electrons. The standard InChI is InChI=1S/C15H14N2O3S/c1-10-4-6-13(18)12(9-10)16-15(21)17-14(19)7-5-11-3-2-8-20-11/h2-9,18H,1H3,(H2,16,17,19,21)/b7-5+. The van der Waals surface area contributed by atoms with Crippen molar-refractivity contribution in [2.24, 2.45) is 0 Å². The molecule has 0 aliphatic carbocycles. The summed E-state index contributed by atoms with van der Waals surface area (Å²) in [6.07, 6.45) is 4.36. The fraction of sp³-hybridized carbons (Fsp3) is 0.0667. The van der Waals surface area contributed by atoms with Crippen molar-refractivity contribution in [1.29, 1.82) is 0 Å². The van der Waals surface area contributed by atoms with Crippen LogP contribution < -0.4 is 10.6 Å². The summed E-state index contributed by atoms with van der Waals surface area (Å²) in [5.41, 5.74) is 1.40. The second kappa shape index (κ2) is 6.71. The first kappa shape index (κ1) is 14.8. The predicted molar refractivity (Wildman–Crippen MR) is 84.9 cm³/mol. The summed E-state index contributed by atoms with van der Waals surface area (Å²) in [6.45, 7) is 1.89. The minimum absolute atomic E-state index is 0.0586. The van der Waals surface area contributed by atoms with Crippen molar-refractivity contribution in [2.45, 2.75) is 6.92 Å². The van der Waals surface area contributed by atoms with Crippen LogP contribution in [0.4, 0.5) is 5.69 Å². The molecule has 1 heterocycles. The third kappa shape index (κ3) is 4.47. The molecule has 1 amide bonds. The molecule has 0 saturated carbocycles. The Hall–Kier alpha value is -2.60. The van der Waals surface area contributed by atoms with E-state index in [0.717, 1.165) is 5.56 Å². The minimum Gasteiger partial charge on any atom is -0.506 e. The summed E-state index contributed by atoms with van der Waals surface area (Å²) >= 11 is 5.02. The molecule has 0 aliphatic heterocycles. The van der Waals surface area contributed by atoms with Gasteiger partial charge in [-0.1, -0.05) is 6.07 Å². The van der Waals surface area contributed by atoms with Crippen LogP contribution in [0.3, 0.4) is 0 Å². The average molecular weight is 302 g/mol. The molecule has 0 unspecified atom stereocenters. The third-order valence-electron chi connectivity index (χ3n) is 2.58. The van der Waals surface area contributed by atoms with E-state index in [0.29, 0.717) is 11.4 Å². The topological polar surface area (TPSA) is 74.5 Å². The molecule has 0 saturated heterocycles. The van der Waals surface area contributed by atoms with E-state index < -0.39 is 5.91 Å². The van der Waals surface area contributed by atoms with E-state index in [1.165, 1.54) is 18.4 Å². The van der Waals surface area contributed by atoms with Gasteiger partial charge in [0.05, 0.1) is 12.0 Å². The van der Waals surface area contributed by atoms with Gasteiger partial charge >= 0.3 is 0 Å². The number of carbonyl (C=O) groups is 1. The Morgan fingerprint density at radius 2 is 2.19 bits per heavy atom. The number of aromatic hydroxyl groups is 1. The number of anilines is 1. The van der Waals surface area contributed by atoms with Gasteiger partial charge in [0.15, 0.2) is 5.11 Å². The Bertz CT molecular complexity index is 678. The molecule has 5 nitrogen and oxygen atoms in total. The zero-order valence-corrected chi connectivity index (χ0v) is 12.1. The fourth-order valence-electron chi connectivity index (χ4n) is 1.60. The molecule has 0 radical (unpaired) electrons. The Morgan fingerprint density at radius 1 is 1.38 bits per heavy atom. The zero-order valence-electron chi connectivity index (χ0n) is 11.3. The smallest absolute Gasteiger partial charge is 0.250 e. The molecule has 2 rings (SSSR count). The molecule has 0 spiro atoms. The largest absolute Gasteiger partial charge is 0.506 e. The average Bonchev–Trinajstić information content (AvgIpc) is 2.94. The van der Waals surface area contributed by atoms with E-state index >= 15 is 0 Å². The van der Waals surface area contributed by atoms with E-state index in [4.69, 9.17) is 16.6 Å². The number of hydrogen-bond donors (Lipinski definition) is 3. The van der Waals surface area contributed by atoms with Gasteiger partial charge in [-0.3, -0.25) is 10.1 Å². The minimum atomic E-state index is -0.393. The number of carbonyl (C=O) groups excluding carboxylic acids is 1. The molecule has 0 atom stereocenters. The van der Waals surface area contributed by atoms with Gasteiger partial charge in [0.25, 0.3) is 0 Å². The highest BCUT2D eigenvalue weighted by Crippen LogP contribution is 2.23. The highest BCUT2D eigenvalue weighted by atomic mass is 32.1. The van der Waals surface area contributed by atoms with Crippen LogP contribution in [0, 0.1) is 6.92 Å². The third-order valence-corrected chi connectivity index (χ3v) is 2.78. The highest BCUT2D eigenvalue weighted by Gasteiger charge is 2.05. The lowest BCUT2D eigenvalue weighted by Crippen LogP contribution is -2.32. The zero-order chi connectivity index (χ0) is 15.2. The molecule has 6 heteroatoms. The number of hydrogen-bond acceptors (Lipinski definition) is 4. The van der Waals surface area contributed by atoms with E-state index in [1.807, 2.05) is 6.92 Å². The van der Waals surface area contributed by atoms with Crippen LogP contribution in [0.5, 0.6) is 5.75 Å². The first-order chi connectivity index (χ1) is 10.0. The molecule has 1 aromatic heterocycles. The number of amides is 1. The van der Waals surface area contributed by atoms with Gasteiger partial charge in [0.1, 0.15) is 11.5 Å². The Morgan fingerprint density at radius 3 is 2.90 bits per heavy atom. The summed E-state index contributed by atoms with van der Waals surface area (Å²) in [5.74, 6) is 0.236. The van der Waals surface area contributed by atoms with E-state index in [2.05, 4.69) is 10.6 Å². The number of rotatable bonds is 3. The normalized spacial score (nSPS) is 10.5. The maximum Gasteiger partial charge on any atom is 0.250 e. The van der Waals surface area contributed by atoms with Crippen molar-refractivity contribution in [3.8, 4) is 5.75 Å². The Kier molecular flexibility index (Phi) is 4.73. The van der Waals surface area contributed by atoms with Crippen LogP contribution in [0.1, 0.15) is 11.3 Å². The second-order valence-electron chi connectivity index (χ2n) is 4.31. The van der Waals surface area contributed by atoms with Crippen LogP contribution in [0.15, 0.2) is 47.1 Å². The molecule has 0 bridgehead atoms. The lowest BCUT2D eigenvalue weighted by Gasteiger charge is -2.10. The fourth-order valence-corrected chi connectivity index (χ4v) is 1.81. The number of phenols is 1. The maximum atomic E-state index is 11.7. The summed E-state index contributed by atoms with van der Waals surface area (Å²) in [6, 6.07) is 8.51. The number of furan rings is 1.